The molecule has 0 spiro atoms. The maximum Gasteiger partial charge on any atom is 0.310 e. The van der Waals surface area contributed by atoms with Gasteiger partial charge in [0.15, 0.2) is 0 Å². The normalized spacial score (nSPS) is 14.8. The van der Waals surface area contributed by atoms with Gasteiger partial charge in [-0.3, -0.25) is 4.79 Å². The second-order valence-electron chi connectivity index (χ2n) is 8.93. The van der Waals surface area contributed by atoms with Crippen LogP contribution in [0.25, 0.3) is 22.1 Å². The number of fused-ring (bicyclic) bond motifs is 2. The van der Waals surface area contributed by atoms with Crippen molar-refractivity contribution in [1.29, 1.82) is 0 Å². The third-order valence-corrected chi connectivity index (χ3v) is 6.68. The number of hydrogen-bond acceptors (Lipinski definition) is 7. The minimum Gasteiger partial charge on any atom is -0.496 e. The van der Waals surface area contributed by atoms with Crippen LogP contribution in [0.3, 0.4) is 0 Å². The SMILES string of the molecule is CCOC(=O)Cc1cccc2c1OC(c1cc(-c3cccc(CN)c3F)c3occc3c1OC)CN2C. The Morgan fingerprint density at radius 2 is 1.95 bits per heavy atom. The van der Waals surface area contributed by atoms with Gasteiger partial charge in [0, 0.05) is 41.4 Å². The van der Waals surface area contributed by atoms with Crippen molar-refractivity contribution in [3.63, 3.8) is 0 Å². The molecule has 5 rings (SSSR count). The lowest BCUT2D eigenvalue weighted by Gasteiger charge is -2.36. The lowest BCUT2D eigenvalue weighted by molar-refractivity contribution is -0.142. The molecule has 1 aliphatic rings. The summed E-state index contributed by atoms with van der Waals surface area (Å²) in [6, 6.07) is 14.5. The highest BCUT2D eigenvalue weighted by molar-refractivity contribution is 5.98. The fourth-order valence-corrected chi connectivity index (χ4v) is 4.95. The van der Waals surface area contributed by atoms with Crippen molar-refractivity contribution in [3.8, 4) is 22.6 Å². The fraction of sp³-hybridized carbons (Fsp3) is 0.276. The second kappa shape index (κ2) is 10.1. The molecular weight excluding hydrogens is 475 g/mol. The van der Waals surface area contributed by atoms with Gasteiger partial charge in [-0.25, -0.2) is 4.39 Å². The number of rotatable bonds is 7. The highest BCUT2D eigenvalue weighted by atomic mass is 19.1. The monoisotopic (exact) mass is 504 g/mol. The van der Waals surface area contributed by atoms with Crippen LogP contribution in [-0.2, 0) is 22.5 Å². The molecule has 192 valence electrons. The zero-order chi connectivity index (χ0) is 26.1. The molecule has 37 heavy (non-hydrogen) atoms. The summed E-state index contributed by atoms with van der Waals surface area (Å²) in [5.74, 6) is 0.496. The fourth-order valence-electron chi connectivity index (χ4n) is 4.95. The number of para-hydroxylation sites is 1. The quantitative estimate of drug-likeness (QED) is 0.338. The van der Waals surface area contributed by atoms with Crippen molar-refractivity contribution in [2.24, 2.45) is 5.73 Å². The van der Waals surface area contributed by atoms with Gasteiger partial charge in [0.1, 0.15) is 29.0 Å². The van der Waals surface area contributed by atoms with Crippen molar-refractivity contribution in [3.05, 3.63) is 77.3 Å². The van der Waals surface area contributed by atoms with E-state index >= 15 is 4.39 Å². The number of halogens is 1. The van der Waals surface area contributed by atoms with E-state index < -0.39 is 6.10 Å². The largest absolute Gasteiger partial charge is 0.496 e. The Kier molecular flexibility index (Phi) is 6.76. The molecule has 1 atom stereocenters. The van der Waals surface area contributed by atoms with Crippen LogP contribution in [0, 0.1) is 5.82 Å². The number of benzene rings is 3. The van der Waals surface area contributed by atoms with Gasteiger partial charge in [-0.15, -0.1) is 0 Å². The highest BCUT2D eigenvalue weighted by Gasteiger charge is 2.32. The number of nitrogens with zero attached hydrogens (tertiary/aromatic N) is 1. The number of furan rings is 1. The van der Waals surface area contributed by atoms with Crippen LogP contribution in [-0.4, -0.2) is 33.3 Å². The maximum atomic E-state index is 15.4. The van der Waals surface area contributed by atoms with E-state index in [4.69, 9.17) is 24.4 Å². The Bertz CT molecular complexity index is 1460. The average Bonchev–Trinajstić information content (AvgIpc) is 3.38. The maximum absolute atomic E-state index is 15.4. The number of methoxy groups -OCH3 is 1. The van der Waals surface area contributed by atoms with Crippen molar-refractivity contribution < 1.29 is 27.8 Å². The molecule has 0 amide bonds. The van der Waals surface area contributed by atoms with Crippen molar-refractivity contribution in [2.45, 2.75) is 26.0 Å². The third kappa shape index (κ3) is 4.38. The van der Waals surface area contributed by atoms with Crippen LogP contribution in [0.4, 0.5) is 10.1 Å². The van der Waals surface area contributed by atoms with Crippen LogP contribution in [0.5, 0.6) is 11.5 Å². The predicted molar refractivity (Wildman–Crippen MR) is 139 cm³/mol. The summed E-state index contributed by atoms with van der Waals surface area (Å²) in [6.45, 7) is 2.69. The number of ether oxygens (including phenoxy) is 3. The van der Waals surface area contributed by atoms with Crippen LogP contribution < -0.4 is 20.1 Å². The van der Waals surface area contributed by atoms with E-state index in [1.54, 1.807) is 44.6 Å². The Hall–Kier alpha value is -4.04. The van der Waals surface area contributed by atoms with Gasteiger partial charge in [-0.1, -0.05) is 30.3 Å². The summed E-state index contributed by atoms with van der Waals surface area (Å²) < 4.78 is 38.8. The minimum absolute atomic E-state index is 0.0839. The van der Waals surface area contributed by atoms with Gasteiger partial charge in [-0.05, 0) is 25.1 Å². The zero-order valence-corrected chi connectivity index (χ0v) is 21.0. The van der Waals surface area contributed by atoms with E-state index in [0.29, 0.717) is 52.3 Å². The Morgan fingerprint density at radius 3 is 2.70 bits per heavy atom. The number of hydrogen-bond donors (Lipinski definition) is 1. The molecule has 4 aromatic rings. The standard InChI is InChI=1S/C29H29FN2O5/c1-4-35-25(33)13-17-7-6-10-23-27(17)37-24(16-32(23)2)22-14-21(19-9-5-8-18(15-31)26(19)30)29-20(11-12-36-29)28(22)34-3/h5-12,14,24H,4,13,15-16,31H2,1-3H3. The number of nitrogens with two attached hydrogens (primary N) is 1. The first-order valence-electron chi connectivity index (χ1n) is 12.2. The topological polar surface area (TPSA) is 87.2 Å². The van der Waals surface area contributed by atoms with Crippen molar-refractivity contribution in [2.75, 3.05) is 32.2 Å². The molecule has 7 nitrogen and oxygen atoms in total. The molecule has 0 radical (unpaired) electrons. The van der Waals surface area contributed by atoms with Crippen LogP contribution >= 0.6 is 0 Å². The third-order valence-electron chi connectivity index (χ3n) is 6.68. The van der Waals surface area contributed by atoms with Gasteiger partial charge in [-0.2, -0.15) is 0 Å². The van der Waals surface area contributed by atoms with E-state index in [2.05, 4.69) is 4.90 Å². The first-order valence-corrected chi connectivity index (χ1v) is 12.2. The molecule has 0 bridgehead atoms. The minimum atomic E-state index is -0.463. The lowest BCUT2D eigenvalue weighted by atomic mass is 9.94. The molecule has 0 aliphatic carbocycles. The van der Waals surface area contributed by atoms with Crippen LogP contribution in [0.15, 0.2) is 59.2 Å². The number of carbonyl (C=O) groups is 1. The number of carbonyl (C=O) groups excluding carboxylic acids is 1. The summed E-state index contributed by atoms with van der Waals surface area (Å²) in [6.07, 6.45) is 1.19. The average molecular weight is 505 g/mol. The van der Waals surface area contributed by atoms with E-state index in [1.807, 2.05) is 31.3 Å². The molecule has 0 saturated carbocycles. The predicted octanol–water partition coefficient (Wildman–Crippen LogP) is 5.38. The molecule has 0 fully saturated rings. The van der Waals surface area contributed by atoms with E-state index in [1.165, 1.54) is 0 Å². The molecule has 1 aromatic heterocycles. The number of anilines is 1. The van der Waals surface area contributed by atoms with Gasteiger partial charge >= 0.3 is 5.97 Å². The molecular formula is C29H29FN2O5. The first kappa shape index (κ1) is 24.6. The van der Waals surface area contributed by atoms with Crippen LogP contribution in [0.2, 0.25) is 0 Å². The number of likely N-dealkylation sites (N-methyl/N-ethyl adjacent to an activating group) is 1. The highest BCUT2D eigenvalue weighted by Crippen LogP contribution is 2.46. The lowest BCUT2D eigenvalue weighted by Crippen LogP contribution is -2.33. The molecule has 0 saturated heterocycles. The summed E-state index contributed by atoms with van der Waals surface area (Å²) in [5, 5.41) is 0.712. The second-order valence-corrected chi connectivity index (χ2v) is 8.93. The summed E-state index contributed by atoms with van der Waals surface area (Å²) in [7, 11) is 3.56. The van der Waals surface area contributed by atoms with Gasteiger partial charge < -0.3 is 29.3 Å². The summed E-state index contributed by atoms with van der Waals surface area (Å²) in [5.41, 5.74) is 10.0. The Labute approximate surface area is 214 Å². The first-order chi connectivity index (χ1) is 18.0. The van der Waals surface area contributed by atoms with Crippen molar-refractivity contribution in [1.82, 2.24) is 0 Å². The van der Waals surface area contributed by atoms with Gasteiger partial charge in [0.25, 0.3) is 0 Å². The summed E-state index contributed by atoms with van der Waals surface area (Å²) >= 11 is 0. The van der Waals surface area contributed by atoms with E-state index in [0.717, 1.165) is 16.8 Å². The van der Waals surface area contributed by atoms with Crippen LogP contribution in [0.1, 0.15) is 29.7 Å². The molecule has 2 N–H and O–H groups in total. The smallest absolute Gasteiger partial charge is 0.310 e. The van der Waals surface area contributed by atoms with Gasteiger partial charge in [0.2, 0.25) is 0 Å². The molecule has 2 heterocycles. The summed E-state index contributed by atoms with van der Waals surface area (Å²) in [4.78, 5) is 14.3. The molecule has 8 heteroatoms. The van der Waals surface area contributed by atoms with E-state index in [9.17, 15) is 4.79 Å². The Morgan fingerprint density at radius 1 is 1.16 bits per heavy atom. The Balaban J connectivity index is 1.64. The molecule has 1 aliphatic heterocycles. The zero-order valence-electron chi connectivity index (χ0n) is 21.0. The van der Waals surface area contributed by atoms with E-state index in [-0.39, 0.29) is 24.8 Å². The van der Waals surface area contributed by atoms with Gasteiger partial charge in [0.05, 0.1) is 44.0 Å². The molecule has 3 aromatic carbocycles. The molecule has 1 unspecified atom stereocenters. The number of esters is 1. The van der Waals surface area contributed by atoms with Crippen molar-refractivity contribution >= 4 is 22.6 Å².